The first-order chi connectivity index (χ1) is 6.56. The van der Waals surface area contributed by atoms with Crippen LogP contribution in [0.15, 0.2) is 12.1 Å². The summed E-state index contributed by atoms with van der Waals surface area (Å²) in [5.74, 6) is 0. The van der Waals surface area contributed by atoms with Crippen molar-refractivity contribution in [3.8, 4) is 0 Å². The lowest BCUT2D eigenvalue weighted by molar-refractivity contribution is 0.166. The molecule has 1 aromatic carbocycles. The highest BCUT2D eigenvalue weighted by atomic mass is 35.5. The topological polar surface area (TPSA) is 20.2 Å². The first kappa shape index (κ1) is 11.5. The summed E-state index contributed by atoms with van der Waals surface area (Å²) >= 11 is 6.05. The Hall–Kier alpha value is -0.530. The molecule has 0 heterocycles. The minimum atomic E-state index is -0.352. The maximum absolute atomic E-state index is 9.82. The van der Waals surface area contributed by atoms with E-state index in [1.165, 1.54) is 0 Å². The average molecular weight is 213 g/mol. The summed E-state index contributed by atoms with van der Waals surface area (Å²) in [6, 6.07) is 3.94. The summed E-state index contributed by atoms with van der Waals surface area (Å²) in [5, 5.41) is 10.6. The van der Waals surface area contributed by atoms with Crippen LogP contribution in [0.5, 0.6) is 0 Å². The highest BCUT2D eigenvalue weighted by molar-refractivity contribution is 6.32. The Kier molecular flexibility index (Phi) is 3.97. The van der Waals surface area contributed by atoms with Crippen LogP contribution in [-0.4, -0.2) is 5.11 Å². The van der Waals surface area contributed by atoms with Gasteiger partial charge in [0.05, 0.1) is 6.10 Å². The number of aliphatic hydroxyl groups excluding tert-OH is 1. The van der Waals surface area contributed by atoms with Crippen LogP contribution in [0.1, 0.15) is 42.6 Å². The Balaban J connectivity index is 3.00. The molecular formula is C12H17ClO. The second-order valence-corrected chi connectivity index (χ2v) is 4.15. The molecule has 78 valence electrons. The number of hydrogen-bond acceptors (Lipinski definition) is 1. The summed E-state index contributed by atoms with van der Waals surface area (Å²) in [7, 11) is 0. The van der Waals surface area contributed by atoms with Crippen molar-refractivity contribution in [1.82, 2.24) is 0 Å². The first-order valence-electron chi connectivity index (χ1n) is 5.01. The molecule has 14 heavy (non-hydrogen) atoms. The normalized spacial score (nSPS) is 12.9. The van der Waals surface area contributed by atoms with Gasteiger partial charge in [-0.05, 0) is 37.0 Å². The van der Waals surface area contributed by atoms with Gasteiger partial charge in [-0.3, -0.25) is 0 Å². The van der Waals surface area contributed by atoms with Gasteiger partial charge in [0.25, 0.3) is 0 Å². The maximum Gasteiger partial charge on any atom is 0.0790 e. The van der Waals surface area contributed by atoms with Crippen molar-refractivity contribution in [3.05, 3.63) is 33.8 Å². The van der Waals surface area contributed by atoms with Gasteiger partial charge in [0.1, 0.15) is 0 Å². The van der Waals surface area contributed by atoms with Crippen molar-refractivity contribution in [2.75, 3.05) is 0 Å². The molecule has 1 aromatic rings. The second kappa shape index (κ2) is 4.81. The Morgan fingerprint density at radius 1 is 1.29 bits per heavy atom. The number of aliphatic hydroxyl groups is 1. The molecule has 1 rings (SSSR count). The molecule has 0 saturated carbocycles. The molecule has 0 aliphatic rings. The molecule has 0 aromatic heterocycles. The molecule has 0 bridgehead atoms. The lowest BCUT2D eigenvalue weighted by Gasteiger charge is -2.12. The van der Waals surface area contributed by atoms with Gasteiger partial charge in [-0.25, -0.2) is 0 Å². The number of benzene rings is 1. The van der Waals surface area contributed by atoms with E-state index in [2.05, 4.69) is 6.92 Å². The summed E-state index contributed by atoms with van der Waals surface area (Å²) in [6.07, 6.45) is 1.44. The zero-order valence-electron chi connectivity index (χ0n) is 8.97. The SMILES string of the molecule is CCCC(O)c1cc(C)c(Cl)c(C)c1. The smallest absolute Gasteiger partial charge is 0.0790 e. The Morgan fingerprint density at radius 3 is 2.21 bits per heavy atom. The largest absolute Gasteiger partial charge is 0.388 e. The minimum Gasteiger partial charge on any atom is -0.388 e. The molecule has 0 saturated heterocycles. The highest BCUT2D eigenvalue weighted by Gasteiger charge is 2.09. The molecule has 0 radical (unpaired) electrons. The monoisotopic (exact) mass is 212 g/mol. The van der Waals surface area contributed by atoms with Gasteiger partial charge >= 0.3 is 0 Å². The van der Waals surface area contributed by atoms with Gasteiger partial charge < -0.3 is 5.11 Å². The van der Waals surface area contributed by atoms with Crippen molar-refractivity contribution in [1.29, 1.82) is 0 Å². The van der Waals surface area contributed by atoms with Crippen LogP contribution >= 0.6 is 11.6 Å². The second-order valence-electron chi connectivity index (χ2n) is 3.77. The molecule has 1 nitrogen and oxygen atoms in total. The van der Waals surface area contributed by atoms with E-state index >= 15 is 0 Å². The number of rotatable bonds is 3. The maximum atomic E-state index is 9.82. The fourth-order valence-corrected chi connectivity index (χ4v) is 1.72. The van der Waals surface area contributed by atoms with Gasteiger partial charge in [-0.2, -0.15) is 0 Å². The average Bonchev–Trinajstić information content (AvgIpc) is 2.13. The summed E-state index contributed by atoms with van der Waals surface area (Å²) in [4.78, 5) is 0. The van der Waals surface area contributed by atoms with Crippen molar-refractivity contribution in [3.63, 3.8) is 0 Å². The van der Waals surface area contributed by atoms with Crippen molar-refractivity contribution >= 4 is 11.6 Å². The Bertz CT molecular complexity index is 297. The third-order valence-electron chi connectivity index (χ3n) is 2.41. The summed E-state index contributed by atoms with van der Waals surface area (Å²) in [5.41, 5.74) is 3.06. The van der Waals surface area contributed by atoms with Crippen molar-refractivity contribution in [2.24, 2.45) is 0 Å². The Labute approximate surface area is 90.7 Å². The number of aryl methyl sites for hydroxylation is 2. The fraction of sp³-hybridized carbons (Fsp3) is 0.500. The van der Waals surface area contributed by atoms with Gasteiger partial charge in [0, 0.05) is 5.02 Å². The predicted octanol–water partition coefficient (Wildman–Crippen LogP) is 3.79. The molecule has 0 aliphatic carbocycles. The molecule has 2 heteroatoms. The van der Waals surface area contributed by atoms with E-state index in [0.29, 0.717) is 0 Å². The Morgan fingerprint density at radius 2 is 1.79 bits per heavy atom. The van der Waals surface area contributed by atoms with Gasteiger partial charge in [-0.1, -0.05) is 37.1 Å². The molecular weight excluding hydrogens is 196 g/mol. The van der Waals surface area contributed by atoms with Crippen LogP contribution in [-0.2, 0) is 0 Å². The van der Waals surface area contributed by atoms with Gasteiger partial charge in [0.2, 0.25) is 0 Å². The summed E-state index contributed by atoms with van der Waals surface area (Å²) < 4.78 is 0. The van der Waals surface area contributed by atoms with Crippen LogP contribution < -0.4 is 0 Å². The lowest BCUT2D eigenvalue weighted by Crippen LogP contribution is -1.98. The number of hydrogen-bond donors (Lipinski definition) is 1. The zero-order chi connectivity index (χ0) is 10.7. The molecule has 0 amide bonds. The highest BCUT2D eigenvalue weighted by Crippen LogP contribution is 2.26. The van der Waals surface area contributed by atoms with E-state index in [0.717, 1.165) is 34.6 Å². The lowest BCUT2D eigenvalue weighted by atomic mass is 10.0. The molecule has 1 atom stereocenters. The van der Waals surface area contributed by atoms with E-state index in [-0.39, 0.29) is 6.10 Å². The van der Waals surface area contributed by atoms with Crippen LogP contribution in [0.2, 0.25) is 5.02 Å². The minimum absolute atomic E-state index is 0.352. The van der Waals surface area contributed by atoms with E-state index in [1.54, 1.807) is 0 Å². The van der Waals surface area contributed by atoms with Gasteiger partial charge in [-0.15, -0.1) is 0 Å². The van der Waals surface area contributed by atoms with Crippen LogP contribution in [0.3, 0.4) is 0 Å². The van der Waals surface area contributed by atoms with Crippen molar-refractivity contribution < 1.29 is 5.11 Å². The first-order valence-corrected chi connectivity index (χ1v) is 5.38. The van der Waals surface area contributed by atoms with E-state index < -0.39 is 0 Å². The molecule has 0 fully saturated rings. The number of halogens is 1. The third-order valence-corrected chi connectivity index (χ3v) is 3.00. The van der Waals surface area contributed by atoms with Crippen molar-refractivity contribution in [2.45, 2.75) is 39.7 Å². The van der Waals surface area contributed by atoms with E-state index in [1.807, 2.05) is 26.0 Å². The van der Waals surface area contributed by atoms with E-state index in [9.17, 15) is 5.11 Å². The predicted molar refractivity (Wildman–Crippen MR) is 60.8 cm³/mol. The van der Waals surface area contributed by atoms with Gasteiger partial charge in [0.15, 0.2) is 0 Å². The van der Waals surface area contributed by atoms with Crippen LogP contribution in [0.4, 0.5) is 0 Å². The molecule has 1 N–H and O–H groups in total. The zero-order valence-corrected chi connectivity index (χ0v) is 9.73. The molecule has 0 spiro atoms. The van der Waals surface area contributed by atoms with E-state index in [4.69, 9.17) is 11.6 Å². The quantitative estimate of drug-likeness (QED) is 0.809. The third kappa shape index (κ3) is 2.49. The summed E-state index contributed by atoms with van der Waals surface area (Å²) in [6.45, 7) is 6.01. The standard InChI is InChI=1S/C12H17ClO/c1-4-5-11(14)10-6-8(2)12(13)9(3)7-10/h6-7,11,14H,4-5H2,1-3H3. The van der Waals surface area contributed by atoms with Crippen LogP contribution in [0, 0.1) is 13.8 Å². The molecule has 0 aliphatic heterocycles. The van der Waals surface area contributed by atoms with Crippen LogP contribution in [0.25, 0.3) is 0 Å². The fourth-order valence-electron chi connectivity index (χ4n) is 1.61. The molecule has 1 unspecified atom stereocenters.